The molecule has 3 aromatic heterocycles. The second kappa shape index (κ2) is 8.11. The van der Waals surface area contributed by atoms with Crippen molar-refractivity contribution in [3.05, 3.63) is 59.8 Å². The van der Waals surface area contributed by atoms with Crippen LogP contribution in [0.4, 0.5) is 5.82 Å². The van der Waals surface area contributed by atoms with Crippen molar-refractivity contribution in [1.29, 1.82) is 0 Å². The van der Waals surface area contributed by atoms with Crippen LogP contribution in [-0.2, 0) is 4.79 Å². The average molecular weight is 352 g/mol. The molecule has 2 N–H and O–H groups in total. The molecule has 8 heteroatoms. The molecule has 26 heavy (non-hydrogen) atoms. The SMILES string of the molecule is Cc1cc(C)n(-c2ccc(NCCNC(=O)/C=C/c3ccco3)nn2)n1. The van der Waals surface area contributed by atoms with Crippen LogP contribution in [0, 0.1) is 13.8 Å². The van der Waals surface area contributed by atoms with Crippen molar-refractivity contribution in [1.82, 2.24) is 25.3 Å². The molecule has 3 heterocycles. The number of hydrogen-bond donors (Lipinski definition) is 2. The molecule has 0 radical (unpaired) electrons. The molecule has 0 aliphatic carbocycles. The maximum Gasteiger partial charge on any atom is 0.244 e. The van der Waals surface area contributed by atoms with Gasteiger partial charge in [0.15, 0.2) is 5.82 Å². The highest BCUT2D eigenvalue weighted by atomic mass is 16.3. The molecule has 0 aliphatic rings. The molecule has 0 saturated carbocycles. The van der Waals surface area contributed by atoms with Gasteiger partial charge in [-0.2, -0.15) is 5.10 Å². The van der Waals surface area contributed by atoms with Crippen LogP contribution in [0.1, 0.15) is 17.1 Å². The molecule has 3 rings (SSSR count). The quantitative estimate of drug-likeness (QED) is 0.499. The summed E-state index contributed by atoms with van der Waals surface area (Å²) in [6.07, 6.45) is 4.61. The van der Waals surface area contributed by atoms with Gasteiger partial charge in [-0.3, -0.25) is 4.79 Å². The number of carbonyl (C=O) groups is 1. The Morgan fingerprint density at radius 1 is 1.23 bits per heavy atom. The van der Waals surface area contributed by atoms with Crippen LogP contribution in [0.3, 0.4) is 0 Å². The molecule has 1 amide bonds. The summed E-state index contributed by atoms with van der Waals surface area (Å²) in [5, 5.41) is 18.6. The van der Waals surface area contributed by atoms with Gasteiger partial charge in [0.2, 0.25) is 5.91 Å². The number of amides is 1. The van der Waals surface area contributed by atoms with Crippen molar-refractivity contribution in [2.24, 2.45) is 0 Å². The minimum Gasteiger partial charge on any atom is -0.465 e. The fourth-order valence-corrected chi connectivity index (χ4v) is 2.37. The number of aryl methyl sites for hydroxylation is 2. The zero-order chi connectivity index (χ0) is 18.4. The van der Waals surface area contributed by atoms with E-state index in [2.05, 4.69) is 25.9 Å². The number of aromatic nitrogens is 4. The molecule has 0 saturated heterocycles. The molecule has 0 fully saturated rings. The highest BCUT2D eigenvalue weighted by Gasteiger charge is 2.05. The van der Waals surface area contributed by atoms with Crippen LogP contribution in [-0.4, -0.2) is 39.0 Å². The Balaban J connectivity index is 1.44. The van der Waals surface area contributed by atoms with E-state index >= 15 is 0 Å². The second-order valence-corrected chi connectivity index (χ2v) is 5.68. The smallest absolute Gasteiger partial charge is 0.244 e. The number of carbonyl (C=O) groups excluding carboxylic acids is 1. The fourth-order valence-electron chi connectivity index (χ4n) is 2.37. The number of nitrogens with zero attached hydrogens (tertiary/aromatic N) is 4. The monoisotopic (exact) mass is 352 g/mol. The lowest BCUT2D eigenvalue weighted by Gasteiger charge is -2.07. The Bertz CT molecular complexity index is 881. The summed E-state index contributed by atoms with van der Waals surface area (Å²) in [7, 11) is 0. The first-order chi connectivity index (χ1) is 12.6. The molecule has 0 spiro atoms. The third-order valence-corrected chi connectivity index (χ3v) is 3.55. The molecule has 0 aromatic carbocycles. The lowest BCUT2D eigenvalue weighted by Crippen LogP contribution is -2.27. The second-order valence-electron chi connectivity index (χ2n) is 5.68. The van der Waals surface area contributed by atoms with E-state index in [0.29, 0.717) is 30.5 Å². The Kier molecular flexibility index (Phi) is 5.43. The zero-order valence-electron chi connectivity index (χ0n) is 14.6. The summed E-state index contributed by atoms with van der Waals surface area (Å²) in [4.78, 5) is 11.7. The van der Waals surface area contributed by atoms with Gasteiger partial charge < -0.3 is 15.1 Å². The fraction of sp³-hybridized carbons (Fsp3) is 0.222. The molecular weight excluding hydrogens is 332 g/mol. The standard InChI is InChI=1S/C18H20N6O2/c1-13-12-14(2)24(23-13)17-7-6-16(21-22-17)19-9-10-20-18(25)8-5-15-4-3-11-26-15/h3-8,11-12H,9-10H2,1-2H3,(H,19,21)(H,20,25)/b8-5+. The van der Waals surface area contributed by atoms with E-state index in [1.54, 1.807) is 29.2 Å². The lowest BCUT2D eigenvalue weighted by molar-refractivity contribution is -0.116. The van der Waals surface area contributed by atoms with Gasteiger partial charge in [0, 0.05) is 24.9 Å². The number of hydrogen-bond acceptors (Lipinski definition) is 6. The Hall–Kier alpha value is -3.42. The van der Waals surface area contributed by atoms with E-state index in [1.807, 2.05) is 32.0 Å². The van der Waals surface area contributed by atoms with Crippen LogP contribution in [0.2, 0.25) is 0 Å². The van der Waals surface area contributed by atoms with Gasteiger partial charge in [0.1, 0.15) is 11.6 Å². The maximum absolute atomic E-state index is 11.7. The van der Waals surface area contributed by atoms with Gasteiger partial charge in [-0.25, -0.2) is 4.68 Å². The Morgan fingerprint density at radius 3 is 2.77 bits per heavy atom. The first-order valence-electron chi connectivity index (χ1n) is 8.22. The first-order valence-corrected chi connectivity index (χ1v) is 8.22. The van der Waals surface area contributed by atoms with Crippen molar-refractivity contribution in [3.63, 3.8) is 0 Å². The van der Waals surface area contributed by atoms with Crippen molar-refractivity contribution < 1.29 is 9.21 Å². The molecule has 0 aliphatic heterocycles. The van der Waals surface area contributed by atoms with Crippen molar-refractivity contribution >= 4 is 17.8 Å². The predicted octanol–water partition coefficient (Wildman–Crippen LogP) is 2.11. The van der Waals surface area contributed by atoms with Gasteiger partial charge in [-0.05, 0) is 50.3 Å². The van der Waals surface area contributed by atoms with Crippen LogP contribution < -0.4 is 10.6 Å². The van der Waals surface area contributed by atoms with E-state index in [4.69, 9.17) is 4.42 Å². The van der Waals surface area contributed by atoms with Crippen molar-refractivity contribution in [2.45, 2.75) is 13.8 Å². The van der Waals surface area contributed by atoms with Crippen LogP contribution >= 0.6 is 0 Å². The summed E-state index contributed by atoms with van der Waals surface area (Å²) >= 11 is 0. The van der Waals surface area contributed by atoms with Crippen molar-refractivity contribution in [3.8, 4) is 5.82 Å². The average Bonchev–Trinajstić information content (AvgIpc) is 3.27. The predicted molar refractivity (Wildman–Crippen MR) is 97.9 cm³/mol. The van der Waals surface area contributed by atoms with Crippen LogP contribution in [0.25, 0.3) is 11.9 Å². The Labute approximate surface area is 150 Å². The van der Waals surface area contributed by atoms with E-state index in [1.165, 1.54) is 6.08 Å². The number of furan rings is 1. The molecule has 0 atom stereocenters. The summed E-state index contributed by atoms with van der Waals surface area (Å²) in [6, 6.07) is 9.20. The molecular formula is C18H20N6O2. The highest BCUT2D eigenvalue weighted by molar-refractivity contribution is 5.91. The van der Waals surface area contributed by atoms with Gasteiger partial charge in [-0.1, -0.05) is 0 Å². The third kappa shape index (κ3) is 4.56. The van der Waals surface area contributed by atoms with E-state index < -0.39 is 0 Å². The number of anilines is 1. The molecule has 8 nitrogen and oxygen atoms in total. The molecule has 0 unspecified atom stereocenters. The van der Waals surface area contributed by atoms with Crippen LogP contribution in [0.15, 0.2) is 47.1 Å². The summed E-state index contributed by atoms with van der Waals surface area (Å²) in [6.45, 7) is 4.90. The third-order valence-electron chi connectivity index (χ3n) is 3.55. The highest BCUT2D eigenvalue weighted by Crippen LogP contribution is 2.10. The van der Waals surface area contributed by atoms with E-state index in [-0.39, 0.29) is 5.91 Å². The topological polar surface area (TPSA) is 97.9 Å². The summed E-state index contributed by atoms with van der Waals surface area (Å²) in [5.74, 6) is 1.75. The van der Waals surface area contributed by atoms with E-state index in [0.717, 1.165) is 11.4 Å². The number of nitrogens with one attached hydrogen (secondary N) is 2. The van der Waals surface area contributed by atoms with Crippen LogP contribution in [0.5, 0.6) is 0 Å². The minimum absolute atomic E-state index is 0.186. The van der Waals surface area contributed by atoms with E-state index in [9.17, 15) is 4.79 Å². The molecule has 134 valence electrons. The maximum atomic E-state index is 11.7. The van der Waals surface area contributed by atoms with Gasteiger partial charge in [-0.15, -0.1) is 10.2 Å². The zero-order valence-corrected chi connectivity index (χ0v) is 14.6. The minimum atomic E-state index is -0.186. The normalized spacial score (nSPS) is 11.0. The largest absolute Gasteiger partial charge is 0.465 e. The Morgan fingerprint density at radius 2 is 2.12 bits per heavy atom. The molecule has 3 aromatic rings. The van der Waals surface area contributed by atoms with Gasteiger partial charge in [0.05, 0.1) is 12.0 Å². The summed E-state index contributed by atoms with van der Waals surface area (Å²) in [5.41, 5.74) is 1.94. The first kappa shape index (κ1) is 17.4. The van der Waals surface area contributed by atoms with Gasteiger partial charge >= 0.3 is 0 Å². The molecule has 0 bridgehead atoms. The van der Waals surface area contributed by atoms with Crippen molar-refractivity contribution in [2.75, 3.05) is 18.4 Å². The van der Waals surface area contributed by atoms with Gasteiger partial charge in [0.25, 0.3) is 0 Å². The summed E-state index contributed by atoms with van der Waals surface area (Å²) < 4.78 is 6.86. The lowest BCUT2D eigenvalue weighted by atomic mass is 10.4. The number of rotatable bonds is 7.